The van der Waals surface area contributed by atoms with E-state index in [1.807, 2.05) is 84.9 Å². The normalized spacial score (nSPS) is 11.2. The van der Waals surface area contributed by atoms with Crippen molar-refractivity contribution in [2.45, 2.75) is 0 Å². The molecule has 0 radical (unpaired) electrons. The molecule has 150 valence electrons. The van der Waals surface area contributed by atoms with Crippen LogP contribution in [0.5, 0.6) is 5.75 Å². The fourth-order valence-electron chi connectivity index (χ4n) is 3.25. The van der Waals surface area contributed by atoms with Crippen LogP contribution in [0.4, 0.5) is 17.1 Å². The Labute approximate surface area is 184 Å². The number of benzene rings is 4. The number of thiazole rings is 1. The molecule has 4 aromatic carbocycles. The third-order valence-electron chi connectivity index (χ3n) is 4.85. The van der Waals surface area contributed by atoms with Crippen LogP contribution in [0, 0.1) is 0 Å². The van der Waals surface area contributed by atoms with E-state index in [9.17, 15) is 5.11 Å². The Kier molecular flexibility index (Phi) is 5.17. The summed E-state index contributed by atoms with van der Waals surface area (Å²) < 4.78 is 1.14. The molecule has 0 saturated carbocycles. The van der Waals surface area contributed by atoms with Crippen molar-refractivity contribution in [3.8, 4) is 16.3 Å². The summed E-state index contributed by atoms with van der Waals surface area (Å²) in [6.45, 7) is 0. The first-order chi connectivity index (χ1) is 15.2. The van der Waals surface area contributed by atoms with Crippen LogP contribution < -0.4 is 5.32 Å². The summed E-state index contributed by atoms with van der Waals surface area (Å²) in [5.74, 6) is 0.191. The molecule has 0 aliphatic rings. The lowest BCUT2D eigenvalue weighted by molar-refractivity contribution is 0.474. The van der Waals surface area contributed by atoms with Crippen molar-refractivity contribution in [2.24, 2.45) is 4.99 Å². The lowest BCUT2D eigenvalue weighted by Crippen LogP contribution is -1.88. The van der Waals surface area contributed by atoms with E-state index < -0.39 is 0 Å². The number of aliphatic imine (C=N–C) groups is 1. The zero-order chi connectivity index (χ0) is 21.0. The van der Waals surface area contributed by atoms with Gasteiger partial charge in [0.1, 0.15) is 10.8 Å². The lowest BCUT2D eigenvalue weighted by atomic mass is 10.1. The number of fused-ring (bicyclic) bond motifs is 1. The van der Waals surface area contributed by atoms with Crippen LogP contribution in [-0.2, 0) is 0 Å². The molecule has 5 aromatic rings. The van der Waals surface area contributed by atoms with E-state index >= 15 is 0 Å². The van der Waals surface area contributed by atoms with Gasteiger partial charge >= 0.3 is 0 Å². The van der Waals surface area contributed by atoms with Crippen molar-refractivity contribution < 1.29 is 5.11 Å². The molecule has 0 aliphatic heterocycles. The standard InChI is InChI=1S/C26H19N3OS/c30-24-15-10-18(26-29-23-8-4-5-9-25(23)31-26)16-19(24)17-27-20-11-13-22(14-12-20)28-21-6-2-1-3-7-21/h1-17,28,30H. The van der Waals surface area contributed by atoms with Gasteiger partial charge in [0, 0.05) is 28.7 Å². The summed E-state index contributed by atoms with van der Waals surface area (Å²) in [7, 11) is 0. The molecule has 1 aromatic heterocycles. The number of phenolic OH excluding ortho intramolecular Hbond substituents is 1. The second kappa shape index (κ2) is 8.42. The molecule has 5 rings (SSSR count). The Morgan fingerprint density at radius 1 is 0.806 bits per heavy atom. The van der Waals surface area contributed by atoms with E-state index in [2.05, 4.69) is 16.4 Å². The Morgan fingerprint density at radius 2 is 1.55 bits per heavy atom. The molecule has 0 bridgehead atoms. The molecule has 31 heavy (non-hydrogen) atoms. The van der Waals surface area contributed by atoms with Crippen molar-refractivity contribution in [2.75, 3.05) is 5.32 Å². The van der Waals surface area contributed by atoms with Crippen LogP contribution in [0.25, 0.3) is 20.8 Å². The molecule has 0 aliphatic carbocycles. The smallest absolute Gasteiger partial charge is 0.124 e. The number of nitrogens with one attached hydrogen (secondary N) is 1. The van der Waals surface area contributed by atoms with Gasteiger partial charge in [0.15, 0.2) is 0 Å². The Bertz CT molecular complexity index is 1330. The maximum Gasteiger partial charge on any atom is 0.124 e. The van der Waals surface area contributed by atoms with Crippen molar-refractivity contribution in [1.29, 1.82) is 0 Å². The molecule has 4 nitrogen and oxygen atoms in total. The van der Waals surface area contributed by atoms with Gasteiger partial charge in [0.2, 0.25) is 0 Å². The number of rotatable bonds is 5. The van der Waals surface area contributed by atoms with Gasteiger partial charge in [-0.1, -0.05) is 30.3 Å². The molecule has 0 spiro atoms. The van der Waals surface area contributed by atoms with Crippen LogP contribution in [0.2, 0.25) is 0 Å². The number of hydrogen-bond acceptors (Lipinski definition) is 5. The minimum absolute atomic E-state index is 0.191. The SMILES string of the molecule is Oc1ccc(-c2nc3ccccc3s2)cc1C=Nc1ccc(Nc2ccccc2)cc1. The van der Waals surface area contributed by atoms with Gasteiger partial charge in [-0.2, -0.15) is 0 Å². The zero-order valence-corrected chi connectivity index (χ0v) is 17.4. The number of aromatic hydroxyl groups is 1. The van der Waals surface area contributed by atoms with Gasteiger partial charge in [-0.05, 0) is 66.7 Å². The molecule has 5 heteroatoms. The van der Waals surface area contributed by atoms with E-state index in [1.54, 1.807) is 23.6 Å². The second-order valence-electron chi connectivity index (χ2n) is 7.06. The minimum atomic E-state index is 0.191. The molecule has 0 atom stereocenters. The third kappa shape index (κ3) is 4.32. The molecule has 0 amide bonds. The van der Waals surface area contributed by atoms with E-state index in [4.69, 9.17) is 4.98 Å². The zero-order valence-electron chi connectivity index (χ0n) is 16.6. The van der Waals surface area contributed by atoms with Gasteiger partial charge in [-0.3, -0.25) is 4.99 Å². The third-order valence-corrected chi connectivity index (χ3v) is 5.94. The molecule has 1 heterocycles. The molecule has 0 fully saturated rings. The van der Waals surface area contributed by atoms with E-state index in [0.717, 1.165) is 37.8 Å². The number of aromatic nitrogens is 1. The van der Waals surface area contributed by atoms with Gasteiger partial charge in [-0.25, -0.2) is 4.98 Å². The summed E-state index contributed by atoms with van der Waals surface area (Å²) >= 11 is 1.64. The van der Waals surface area contributed by atoms with E-state index in [1.165, 1.54) is 0 Å². The van der Waals surface area contributed by atoms with Crippen LogP contribution in [-0.4, -0.2) is 16.3 Å². The number of para-hydroxylation sites is 2. The average molecular weight is 422 g/mol. The number of nitrogens with zero attached hydrogens (tertiary/aromatic N) is 2. The first-order valence-electron chi connectivity index (χ1n) is 9.90. The summed E-state index contributed by atoms with van der Waals surface area (Å²) in [5.41, 5.74) is 5.44. The predicted molar refractivity (Wildman–Crippen MR) is 130 cm³/mol. The molecular formula is C26H19N3OS. The van der Waals surface area contributed by atoms with Crippen LogP contribution in [0.15, 0.2) is 102 Å². The minimum Gasteiger partial charge on any atom is -0.507 e. The summed E-state index contributed by atoms with van der Waals surface area (Å²) in [6.07, 6.45) is 1.69. The highest BCUT2D eigenvalue weighted by atomic mass is 32.1. The highest BCUT2D eigenvalue weighted by Crippen LogP contribution is 2.32. The topological polar surface area (TPSA) is 57.5 Å². The quantitative estimate of drug-likeness (QED) is 0.296. The summed E-state index contributed by atoms with van der Waals surface area (Å²) in [4.78, 5) is 9.23. The van der Waals surface area contributed by atoms with Crippen molar-refractivity contribution in [3.63, 3.8) is 0 Å². The van der Waals surface area contributed by atoms with Gasteiger partial charge in [-0.15, -0.1) is 11.3 Å². The van der Waals surface area contributed by atoms with Crippen LogP contribution in [0.3, 0.4) is 0 Å². The highest BCUT2D eigenvalue weighted by Gasteiger charge is 2.08. The van der Waals surface area contributed by atoms with Gasteiger partial charge in [0.25, 0.3) is 0 Å². The maximum absolute atomic E-state index is 10.3. The second-order valence-corrected chi connectivity index (χ2v) is 8.09. The molecule has 0 unspecified atom stereocenters. The fourth-order valence-corrected chi connectivity index (χ4v) is 4.21. The molecular weight excluding hydrogens is 402 g/mol. The first kappa shape index (κ1) is 19.0. The molecule has 2 N–H and O–H groups in total. The fraction of sp³-hybridized carbons (Fsp3) is 0. The van der Waals surface area contributed by atoms with Crippen LogP contribution in [0.1, 0.15) is 5.56 Å². The Morgan fingerprint density at radius 3 is 2.35 bits per heavy atom. The highest BCUT2D eigenvalue weighted by molar-refractivity contribution is 7.21. The molecule has 0 saturated heterocycles. The lowest BCUT2D eigenvalue weighted by Gasteiger charge is -2.06. The number of anilines is 2. The Balaban J connectivity index is 1.36. The van der Waals surface area contributed by atoms with Crippen molar-refractivity contribution in [3.05, 3.63) is 103 Å². The van der Waals surface area contributed by atoms with Crippen molar-refractivity contribution >= 4 is 44.8 Å². The Hall–Kier alpha value is -3.96. The monoisotopic (exact) mass is 421 g/mol. The van der Waals surface area contributed by atoms with Crippen LogP contribution >= 0.6 is 11.3 Å². The van der Waals surface area contributed by atoms with Gasteiger partial charge < -0.3 is 10.4 Å². The number of hydrogen-bond donors (Lipinski definition) is 2. The first-order valence-corrected chi connectivity index (χ1v) is 10.7. The number of phenols is 1. The average Bonchev–Trinajstić information content (AvgIpc) is 3.24. The van der Waals surface area contributed by atoms with Gasteiger partial charge in [0.05, 0.1) is 15.9 Å². The predicted octanol–water partition coefficient (Wildman–Crippen LogP) is 7.16. The van der Waals surface area contributed by atoms with E-state index in [0.29, 0.717) is 5.56 Å². The summed E-state index contributed by atoms with van der Waals surface area (Å²) in [5, 5.41) is 14.6. The van der Waals surface area contributed by atoms with E-state index in [-0.39, 0.29) is 5.75 Å². The summed E-state index contributed by atoms with van der Waals surface area (Å²) in [6, 6.07) is 31.4. The maximum atomic E-state index is 10.3. The largest absolute Gasteiger partial charge is 0.507 e. The van der Waals surface area contributed by atoms with Crippen molar-refractivity contribution in [1.82, 2.24) is 4.98 Å².